The molecule has 0 radical (unpaired) electrons. The summed E-state index contributed by atoms with van der Waals surface area (Å²) in [5, 5.41) is 7.41. The quantitative estimate of drug-likeness (QED) is 0.678. The first-order valence-electron chi connectivity index (χ1n) is 4.74. The van der Waals surface area contributed by atoms with Gasteiger partial charge in [-0.05, 0) is 31.2 Å². The standard InChI is InChI=1S/C10H16N2/c1-6(2)8-4-5-9-7(3)11-12-10(8)9/h6,8H,4-5H2,1-3H3,(H,11,12)/t8-/m1/s1. The summed E-state index contributed by atoms with van der Waals surface area (Å²) in [7, 11) is 0. The minimum atomic E-state index is 0.723. The van der Waals surface area contributed by atoms with Gasteiger partial charge in [-0.15, -0.1) is 0 Å². The molecule has 2 heteroatoms. The molecule has 0 saturated heterocycles. The van der Waals surface area contributed by atoms with Gasteiger partial charge in [-0.2, -0.15) is 5.10 Å². The van der Waals surface area contributed by atoms with Gasteiger partial charge in [0.25, 0.3) is 0 Å². The molecule has 2 rings (SSSR count). The van der Waals surface area contributed by atoms with Crippen LogP contribution in [-0.2, 0) is 6.42 Å². The van der Waals surface area contributed by atoms with Crippen LogP contribution < -0.4 is 0 Å². The van der Waals surface area contributed by atoms with Gasteiger partial charge in [-0.1, -0.05) is 13.8 Å². The molecule has 1 aliphatic rings. The Bertz CT molecular complexity index is 286. The van der Waals surface area contributed by atoms with Gasteiger partial charge in [0.1, 0.15) is 0 Å². The third-order valence-corrected chi connectivity index (χ3v) is 2.99. The van der Waals surface area contributed by atoms with Crippen molar-refractivity contribution in [2.24, 2.45) is 5.92 Å². The monoisotopic (exact) mass is 164 g/mol. The summed E-state index contributed by atoms with van der Waals surface area (Å²) in [6, 6.07) is 0. The molecule has 1 heterocycles. The summed E-state index contributed by atoms with van der Waals surface area (Å²) in [5.74, 6) is 1.47. The smallest absolute Gasteiger partial charge is 0.0626 e. The maximum atomic E-state index is 4.25. The van der Waals surface area contributed by atoms with Crippen LogP contribution in [0.5, 0.6) is 0 Å². The molecule has 1 N–H and O–H groups in total. The van der Waals surface area contributed by atoms with Crippen molar-refractivity contribution >= 4 is 0 Å². The van der Waals surface area contributed by atoms with E-state index in [0.29, 0.717) is 0 Å². The molecule has 0 fully saturated rings. The van der Waals surface area contributed by atoms with E-state index in [1.807, 2.05) is 0 Å². The minimum Gasteiger partial charge on any atom is -0.282 e. The number of hydrogen-bond acceptors (Lipinski definition) is 1. The highest BCUT2D eigenvalue weighted by molar-refractivity contribution is 5.32. The summed E-state index contributed by atoms with van der Waals surface area (Å²) >= 11 is 0. The maximum absolute atomic E-state index is 4.25. The predicted molar refractivity (Wildman–Crippen MR) is 49.2 cm³/mol. The second kappa shape index (κ2) is 2.61. The molecule has 12 heavy (non-hydrogen) atoms. The van der Waals surface area contributed by atoms with E-state index in [2.05, 4.69) is 31.0 Å². The first kappa shape index (κ1) is 7.84. The van der Waals surface area contributed by atoms with Crippen molar-refractivity contribution < 1.29 is 0 Å². The van der Waals surface area contributed by atoms with Crippen LogP contribution in [0.3, 0.4) is 0 Å². The highest BCUT2D eigenvalue weighted by Crippen LogP contribution is 2.37. The molecule has 1 aromatic heterocycles. The van der Waals surface area contributed by atoms with E-state index >= 15 is 0 Å². The summed E-state index contributed by atoms with van der Waals surface area (Å²) in [6.45, 7) is 6.67. The molecule has 0 amide bonds. The Morgan fingerprint density at radius 3 is 2.92 bits per heavy atom. The molecule has 0 saturated carbocycles. The average molecular weight is 164 g/mol. The van der Waals surface area contributed by atoms with Crippen LogP contribution in [0.4, 0.5) is 0 Å². The number of hydrogen-bond donors (Lipinski definition) is 1. The van der Waals surface area contributed by atoms with Crippen molar-refractivity contribution in [3.8, 4) is 0 Å². The number of aryl methyl sites for hydroxylation is 1. The number of aromatic nitrogens is 2. The van der Waals surface area contributed by atoms with Crippen molar-refractivity contribution in [2.45, 2.75) is 39.5 Å². The molecule has 0 spiro atoms. The molecule has 1 atom stereocenters. The van der Waals surface area contributed by atoms with Gasteiger partial charge in [-0.3, -0.25) is 5.10 Å². The number of fused-ring (bicyclic) bond motifs is 1. The Hall–Kier alpha value is -0.790. The molecule has 0 aliphatic heterocycles. The zero-order valence-corrected chi connectivity index (χ0v) is 8.02. The van der Waals surface area contributed by atoms with E-state index in [0.717, 1.165) is 11.8 Å². The normalized spacial score (nSPS) is 21.8. The maximum Gasteiger partial charge on any atom is 0.0626 e. The summed E-state index contributed by atoms with van der Waals surface area (Å²) in [4.78, 5) is 0. The zero-order valence-electron chi connectivity index (χ0n) is 8.02. The van der Waals surface area contributed by atoms with Crippen molar-refractivity contribution in [3.05, 3.63) is 17.0 Å². The largest absolute Gasteiger partial charge is 0.282 e. The summed E-state index contributed by atoms with van der Waals surface area (Å²) in [6.07, 6.45) is 2.53. The van der Waals surface area contributed by atoms with Gasteiger partial charge in [0.05, 0.1) is 5.69 Å². The van der Waals surface area contributed by atoms with Gasteiger partial charge in [0.2, 0.25) is 0 Å². The van der Waals surface area contributed by atoms with Crippen molar-refractivity contribution in [1.82, 2.24) is 10.2 Å². The summed E-state index contributed by atoms with van der Waals surface area (Å²) < 4.78 is 0. The lowest BCUT2D eigenvalue weighted by molar-refractivity contribution is 0.484. The molecule has 2 nitrogen and oxygen atoms in total. The topological polar surface area (TPSA) is 28.7 Å². The van der Waals surface area contributed by atoms with Crippen molar-refractivity contribution in [2.75, 3.05) is 0 Å². The Kier molecular flexibility index (Phi) is 1.71. The van der Waals surface area contributed by atoms with Gasteiger partial charge < -0.3 is 0 Å². The fraction of sp³-hybridized carbons (Fsp3) is 0.700. The van der Waals surface area contributed by atoms with E-state index < -0.39 is 0 Å². The Labute approximate surface area is 73.4 Å². The second-order valence-corrected chi connectivity index (χ2v) is 4.09. The molecule has 66 valence electrons. The Balaban J connectivity index is 2.36. The van der Waals surface area contributed by atoms with E-state index in [-0.39, 0.29) is 0 Å². The van der Waals surface area contributed by atoms with Gasteiger partial charge in [0, 0.05) is 11.6 Å². The number of H-pyrrole nitrogens is 1. The van der Waals surface area contributed by atoms with E-state index in [1.54, 1.807) is 0 Å². The molecule has 1 aliphatic carbocycles. The summed E-state index contributed by atoms with van der Waals surface area (Å²) in [5.41, 5.74) is 4.09. The lowest BCUT2D eigenvalue weighted by Crippen LogP contribution is -2.02. The fourth-order valence-corrected chi connectivity index (χ4v) is 2.21. The van der Waals surface area contributed by atoms with Crippen LogP contribution in [-0.4, -0.2) is 10.2 Å². The van der Waals surface area contributed by atoms with E-state index in [1.165, 1.54) is 29.8 Å². The highest BCUT2D eigenvalue weighted by Gasteiger charge is 2.28. The van der Waals surface area contributed by atoms with Crippen LogP contribution in [0.25, 0.3) is 0 Å². The first-order valence-corrected chi connectivity index (χ1v) is 4.74. The Morgan fingerprint density at radius 1 is 1.50 bits per heavy atom. The van der Waals surface area contributed by atoms with Gasteiger partial charge >= 0.3 is 0 Å². The zero-order chi connectivity index (χ0) is 8.72. The Morgan fingerprint density at radius 2 is 2.25 bits per heavy atom. The molecule has 0 unspecified atom stereocenters. The van der Waals surface area contributed by atoms with Crippen LogP contribution in [0.15, 0.2) is 0 Å². The van der Waals surface area contributed by atoms with Gasteiger partial charge in [-0.25, -0.2) is 0 Å². The number of aromatic amines is 1. The number of rotatable bonds is 1. The second-order valence-electron chi connectivity index (χ2n) is 4.09. The highest BCUT2D eigenvalue weighted by atomic mass is 15.1. The van der Waals surface area contributed by atoms with Gasteiger partial charge in [0.15, 0.2) is 0 Å². The van der Waals surface area contributed by atoms with Crippen molar-refractivity contribution in [1.29, 1.82) is 0 Å². The SMILES string of the molecule is Cc1n[nH]c2c1CC[C@@H]2C(C)C. The van der Waals surface area contributed by atoms with E-state index in [9.17, 15) is 0 Å². The molecule has 1 aromatic rings. The minimum absolute atomic E-state index is 0.723. The van der Waals surface area contributed by atoms with Crippen LogP contribution in [0.2, 0.25) is 0 Å². The number of nitrogens with one attached hydrogen (secondary N) is 1. The fourth-order valence-electron chi connectivity index (χ4n) is 2.21. The molecule has 0 bridgehead atoms. The third kappa shape index (κ3) is 0.977. The lowest BCUT2D eigenvalue weighted by atomic mass is 9.94. The molecular weight excluding hydrogens is 148 g/mol. The third-order valence-electron chi connectivity index (χ3n) is 2.99. The molecular formula is C10H16N2. The lowest BCUT2D eigenvalue weighted by Gasteiger charge is -2.12. The molecule has 0 aromatic carbocycles. The first-order chi connectivity index (χ1) is 5.70. The van der Waals surface area contributed by atoms with E-state index in [4.69, 9.17) is 0 Å². The average Bonchev–Trinajstić information content (AvgIpc) is 2.53. The van der Waals surface area contributed by atoms with Crippen molar-refractivity contribution in [3.63, 3.8) is 0 Å². The predicted octanol–water partition coefficient (Wildman–Crippen LogP) is 2.40. The van der Waals surface area contributed by atoms with Crippen LogP contribution in [0.1, 0.15) is 43.1 Å². The van der Waals surface area contributed by atoms with Crippen LogP contribution >= 0.6 is 0 Å². The van der Waals surface area contributed by atoms with Crippen LogP contribution in [0, 0.1) is 12.8 Å². The number of nitrogens with zero attached hydrogens (tertiary/aromatic N) is 1.